The maximum absolute atomic E-state index is 12.7. The van der Waals surface area contributed by atoms with Crippen LogP contribution >= 0.6 is 11.6 Å². The van der Waals surface area contributed by atoms with Crippen LogP contribution in [0.1, 0.15) is 36.8 Å². The number of amides is 1. The van der Waals surface area contributed by atoms with Gasteiger partial charge in [-0.3, -0.25) is 4.79 Å². The van der Waals surface area contributed by atoms with Gasteiger partial charge in [0.05, 0.1) is 6.04 Å². The highest BCUT2D eigenvalue weighted by Crippen LogP contribution is 2.50. The molecule has 0 aliphatic heterocycles. The van der Waals surface area contributed by atoms with E-state index in [1.54, 1.807) is 0 Å². The molecule has 2 saturated carbocycles. The van der Waals surface area contributed by atoms with Gasteiger partial charge >= 0.3 is 0 Å². The molecule has 2 unspecified atom stereocenters. The number of hydrogen-bond acceptors (Lipinski definition) is 4. The number of carbonyl (C=O) groups excluding carboxylic acids is 1. The van der Waals surface area contributed by atoms with Gasteiger partial charge in [-0.25, -0.2) is 4.68 Å². The fraction of sp³-hybridized carbons (Fsp3) is 0.300. The Hall–Kier alpha value is -2.73. The highest BCUT2D eigenvalue weighted by Gasteiger charge is 2.44. The average Bonchev–Trinajstić information content (AvgIpc) is 3.60. The van der Waals surface area contributed by atoms with Gasteiger partial charge in [-0.15, -0.1) is 5.10 Å². The van der Waals surface area contributed by atoms with Crippen molar-refractivity contribution < 1.29 is 4.79 Å². The molecule has 0 spiro atoms. The monoisotopic (exact) mass is 379 g/mol. The zero-order valence-electron chi connectivity index (χ0n) is 14.5. The summed E-state index contributed by atoms with van der Waals surface area (Å²) in [6.45, 7) is 0. The molecule has 2 fully saturated rings. The molecule has 0 saturated heterocycles. The molecule has 1 N–H and O–H groups in total. The van der Waals surface area contributed by atoms with Gasteiger partial charge < -0.3 is 5.32 Å². The van der Waals surface area contributed by atoms with E-state index in [1.807, 2.05) is 53.2 Å². The zero-order valence-corrected chi connectivity index (χ0v) is 15.3. The smallest absolute Gasteiger partial charge is 0.228 e. The third kappa shape index (κ3) is 3.21. The summed E-state index contributed by atoms with van der Waals surface area (Å²) >= 11 is 6.26. The second-order valence-corrected chi connectivity index (χ2v) is 7.63. The molecule has 1 heterocycles. The lowest BCUT2D eigenvalue weighted by atomic mass is 10.1. The summed E-state index contributed by atoms with van der Waals surface area (Å²) in [7, 11) is 0. The Kier molecular flexibility index (Phi) is 3.93. The van der Waals surface area contributed by atoms with Crippen LogP contribution in [-0.4, -0.2) is 26.1 Å². The first kappa shape index (κ1) is 16.4. The minimum atomic E-state index is -0.0367. The highest BCUT2D eigenvalue weighted by molar-refractivity contribution is 6.31. The molecule has 3 aromatic rings. The van der Waals surface area contributed by atoms with Crippen LogP contribution < -0.4 is 5.32 Å². The Morgan fingerprint density at radius 3 is 2.81 bits per heavy atom. The molecule has 0 bridgehead atoms. The van der Waals surface area contributed by atoms with Crippen LogP contribution in [0.3, 0.4) is 0 Å². The molecule has 2 aromatic carbocycles. The second-order valence-electron chi connectivity index (χ2n) is 7.22. The van der Waals surface area contributed by atoms with Crippen LogP contribution in [0.2, 0.25) is 5.02 Å². The molecule has 2 atom stereocenters. The molecule has 0 radical (unpaired) electrons. The summed E-state index contributed by atoms with van der Waals surface area (Å²) in [5.74, 6) is 0.933. The minimum absolute atomic E-state index is 0.0267. The normalized spacial score (nSPS) is 21.1. The summed E-state index contributed by atoms with van der Waals surface area (Å²) in [5.41, 5.74) is 2.72. The Labute approximate surface area is 161 Å². The zero-order chi connectivity index (χ0) is 18.4. The van der Waals surface area contributed by atoms with Crippen molar-refractivity contribution in [2.45, 2.75) is 31.2 Å². The van der Waals surface area contributed by atoms with E-state index in [-0.39, 0.29) is 17.7 Å². The number of tetrazole rings is 1. The number of rotatable bonds is 5. The maximum Gasteiger partial charge on any atom is 0.228 e. The molecule has 2 aliphatic carbocycles. The lowest BCUT2D eigenvalue weighted by molar-refractivity contribution is -0.117. The summed E-state index contributed by atoms with van der Waals surface area (Å²) in [6.07, 6.45) is 3.05. The van der Waals surface area contributed by atoms with Crippen LogP contribution in [0.25, 0.3) is 11.4 Å². The number of anilines is 1. The molecule has 1 amide bonds. The highest BCUT2D eigenvalue weighted by atomic mass is 35.5. The van der Waals surface area contributed by atoms with Crippen LogP contribution in [0.15, 0.2) is 48.5 Å². The third-order valence-electron chi connectivity index (χ3n) is 5.21. The number of carbonyl (C=O) groups is 1. The second kappa shape index (κ2) is 6.46. The SMILES string of the molecule is O=C(Nc1cccc(-c2nnnn2C2CC2)c1)C1CC1c1ccccc1Cl. The largest absolute Gasteiger partial charge is 0.326 e. The molecular weight excluding hydrogens is 362 g/mol. The Morgan fingerprint density at radius 1 is 1.15 bits per heavy atom. The van der Waals surface area contributed by atoms with Crippen molar-refractivity contribution in [2.24, 2.45) is 5.92 Å². The van der Waals surface area contributed by atoms with Gasteiger partial charge in [0, 0.05) is 22.2 Å². The summed E-state index contributed by atoms with van der Waals surface area (Å²) in [4.78, 5) is 12.7. The van der Waals surface area contributed by atoms with Gasteiger partial charge in [0.25, 0.3) is 0 Å². The average molecular weight is 380 g/mol. The topological polar surface area (TPSA) is 72.7 Å². The van der Waals surface area contributed by atoms with Crippen LogP contribution in [0.5, 0.6) is 0 Å². The van der Waals surface area contributed by atoms with Gasteiger partial charge in [0.15, 0.2) is 5.82 Å². The van der Waals surface area contributed by atoms with Crippen molar-refractivity contribution in [1.29, 1.82) is 0 Å². The van der Waals surface area contributed by atoms with E-state index >= 15 is 0 Å². The van der Waals surface area contributed by atoms with Gasteiger partial charge in [-0.1, -0.05) is 41.9 Å². The number of nitrogens with zero attached hydrogens (tertiary/aromatic N) is 4. The Balaban J connectivity index is 1.31. The molecule has 27 heavy (non-hydrogen) atoms. The van der Waals surface area contributed by atoms with Crippen molar-refractivity contribution in [3.63, 3.8) is 0 Å². The first-order chi connectivity index (χ1) is 13.2. The van der Waals surface area contributed by atoms with E-state index in [4.69, 9.17) is 11.6 Å². The van der Waals surface area contributed by atoms with Crippen molar-refractivity contribution in [1.82, 2.24) is 20.2 Å². The first-order valence-electron chi connectivity index (χ1n) is 9.14. The third-order valence-corrected chi connectivity index (χ3v) is 5.55. The van der Waals surface area contributed by atoms with Gasteiger partial charge in [-0.2, -0.15) is 0 Å². The quantitative estimate of drug-likeness (QED) is 0.725. The van der Waals surface area contributed by atoms with E-state index in [9.17, 15) is 4.79 Å². The van der Waals surface area contributed by atoms with E-state index in [1.165, 1.54) is 0 Å². The van der Waals surface area contributed by atoms with Crippen LogP contribution in [0, 0.1) is 5.92 Å². The van der Waals surface area contributed by atoms with Gasteiger partial charge in [0.1, 0.15) is 0 Å². The predicted octanol–water partition coefficient (Wildman–Crippen LogP) is 4.07. The molecule has 136 valence electrons. The van der Waals surface area contributed by atoms with Gasteiger partial charge in [-0.05, 0) is 59.4 Å². The Bertz CT molecular complexity index is 1010. The molecular formula is C20H18ClN5O. The van der Waals surface area contributed by atoms with Gasteiger partial charge in [0.2, 0.25) is 5.91 Å². The first-order valence-corrected chi connectivity index (χ1v) is 9.52. The van der Waals surface area contributed by atoms with Crippen molar-refractivity contribution >= 4 is 23.2 Å². The van der Waals surface area contributed by atoms with E-state index in [0.717, 1.165) is 46.9 Å². The van der Waals surface area contributed by atoms with Crippen molar-refractivity contribution in [2.75, 3.05) is 5.32 Å². The summed E-state index contributed by atoms with van der Waals surface area (Å²) < 4.78 is 1.87. The summed E-state index contributed by atoms with van der Waals surface area (Å²) in [5, 5.41) is 15.8. The Morgan fingerprint density at radius 2 is 2.00 bits per heavy atom. The number of aromatic nitrogens is 4. The summed E-state index contributed by atoms with van der Waals surface area (Å²) in [6, 6.07) is 15.8. The molecule has 1 aromatic heterocycles. The molecule has 2 aliphatic rings. The lowest BCUT2D eigenvalue weighted by Gasteiger charge is -2.08. The number of halogens is 1. The molecule has 6 nitrogen and oxygen atoms in total. The van der Waals surface area contributed by atoms with Crippen LogP contribution in [0.4, 0.5) is 5.69 Å². The molecule has 7 heteroatoms. The van der Waals surface area contributed by atoms with Crippen molar-refractivity contribution in [3.05, 3.63) is 59.1 Å². The maximum atomic E-state index is 12.7. The van der Waals surface area contributed by atoms with E-state index < -0.39 is 0 Å². The van der Waals surface area contributed by atoms with Crippen LogP contribution in [-0.2, 0) is 4.79 Å². The fourth-order valence-corrected chi connectivity index (χ4v) is 3.80. The van der Waals surface area contributed by atoms with E-state index in [2.05, 4.69) is 20.8 Å². The standard InChI is InChI=1S/C20H18ClN5O/c21-18-7-2-1-6-15(18)16-11-17(16)20(27)22-13-5-3-4-12(10-13)19-23-24-25-26(19)14-8-9-14/h1-7,10,14,16-17H,8-9,11H2,(H,22,27). The van der Waals surface area contributed by atoms with E-state index in [0.29, 0.717) is 6.04 Å². The minimum Gasteiger partial charge on any atom is -0.326 e. The van der Waals surface area contributed by atoms with Crippen molar-refractivity contribution in [3.8, 4) is 11.4 Å². The number of nitrogens with one attached hydrogen (secondary N) is 1. The number of hydrogen-bond donors (Lipinski definition) is 1. The predicted molar refractivity (Wildman–Crippen MR) is 102 cm³/mol. The lowest BCUT2D eigenvalue weighted by Crippen LogP contribution is -2.14. The number of benzene rings is 2. The molecule has 5 rings (SSSR count). The fourth-order valence-electron chi connectivity index (χ4n) is 3.52.